The molecule has 0 saturated heterocycles. The highest BCUT2D eigenvalue weighted by Gasteiger charge is 2.32. The molecule has 0 spiro atoms. The van der Waals surface area contributed by atoms with Crippen LogP contribution in [0.4, 0.5) is 4.79 Å². The van der Waals surface area contributed by atoms with E-state index in [0.29, 0.717) is 12.5 Å². The maximum Gasteiger partial charge on any atom is 0.331 e. The van der Waals surface area contributed by atoms with Gasteiger partial charge in [0.15, 0.2) is 6.04 Å². The molecule has 1 heterocycles. The number of nitrogens with zero attached hydrogens (tertiary/aromatic N) is 2. The molecule has 1 rings (SSSR count). The second-order valence-corrected chi connectivity index (χ2v) is 8.46. The molecule has 0 aliphatic carbocycles. The summed E-state index contributed by atoms with van der Waals surface area (Å²) in [6.45, 7) is 11.9. The Morgan fingerprint density at radius 3 is 2.38 bits per heavy atom. The second-order valence-electron chi connectivity index (χ2n) is 7.57. The quantitative estimate of drug-likeness (QED) is 0.729. The Labute approximate surface area is 160 Å². The van der Waals surface area contributed by atoms with Crippen molar-refractivity contribution in [1.29, 1.82) is 0 Å². The number of amides is 2. The number of thiazole rings is 1. The van der Waals surface area contributed by atoms with E-state index in [4.69, 9.17) is 9.47 Å². The molecule has 1 aromatic rings. The molecule has 0 fully saturated rings. The minimum Gasteiger partial charge on any atom is -0.467 e. The topological polar surface area (TPSA) is 80.8 Å². The Hall–Kier alpha value is -1.67. The molecule has 148 valence electrons. The second kappa shape index (κ2) is 9.32. The van der Waals surface area contributed by atoms with Crippen LogP contribution >= 0.6 is 11.3 Å². The predicted molar refractivity (Wildman–Crippen MR) is 102 cm³/mol. The molecule has 7 nitrogen and oxygen atoms in total. The summed E-state index contributed by atoms with van der Waals surface area (Å²) in [5.74, 6) is -0.189. The van der Waals surface area contributed by atoms with Crippen molar-refractivity contribution >= 4 is 23.3 Å². The highest BCUT2D eigenvalue weighted by atomic mass is 32.1. The van der Waals surface area contributed by atoms with E-state index in [9.17, 15) is 9.59 Å². The van der Waals surface area contributed by atoms with Crippen molar-refractivity contribution in [2.45, 2.75) is 71.8 Å². The standard InChI is InChI=1S/C18H31N3O4S/c1-11(2)15-19-13(10-26-15)9-21(7)17(23)20-14(16(22)24-8)12(3)25-18(4,5)6/h10-12,14H,9H2,1-8H3,(H,20,23)/t12?,14-/m0/s1. The number of esters is 1. The summed E-state index contributed by atoms with van der Waals surface area (Å²) in [5, 5.41) is 5.68. The first-order chi connectivity index (χ1) is 11.9. The molecule has 2 atom stereocenters. The zero-order valence-electron chi connectivity index (χ0n) is 17.0. The maximum absolute atomic E-state index is 12.5. The van der Waals surface area contributed by atoms with Crippen LogP contribution in [0.2, 0.25) is 0 Å². The first-order valence-corrected chi connectivity index (χ1v) is 9.54. The first-order valence-electron chi connectivity index (χ1n) is 8.66. The maximum atomic E-state index is 12.5. The molecule has 0 saturated carbocycles. The van der Waals surface area contributed by atoms with Gasteiger partial charge in [0.1, 0.15) is 0 Å². The summed E-state index contributed by atoms with van der Waals surface area (Å²) >= 11 is 1.58. The minimum atomic E-state index is -0.893. The highest BCUT2D eigenvalue weighted by molar-refractivity contribution is 7.09. The predicted octanol–water partition coefficient (Wildman–Crippen LogP) is 3.15. The summed E-state index contributed by atoms with van der Waals surface area (Å²) in [4.78, 5) is 30.6. The van der Waals surface area contributed by atoms with Crippen molar-refractivity contribution in [3.8, 4) is 0 Å². The lowest BCUT2D eigenvalue weighted by molar-refractivity contribution is -0.150. The van der Waals surface area contributed by atoms with Gasteiger partial charge in [0, 0.05) is 18.3 Å². The van der Waals surface area contributed by atoms with Crippen molar-refractivity contribution in [2.75, 3.05) is 14.2 Å². The number of hydrogen-bond acceptors (Lipinski definition) is 6. The van der Waals surface area contributed by atoms with Crippen LogP contribution in [-0.4, -0.2) is 53.8 Å². The van der Waals surface area contributed by atoms with E-state index in [2.05, 4.69) is 24.1 Å². The molecule has 0 aromatic carbocycles. The molecule has 0 aliphatic heterocycles. The molecule has 26 heavy (non-hydrogen) atoms. The molecular weight excluding hydrogens is 354 g/mol. The number of rotatable bonds is 7. The fourth-order valence-electron chi connectivity index (χ4n) is 2.34. The summed E-state index contributed by atoms with van der Waals surface area (Å²) in [6, 6.07) is -1.28. The van der Waals surface area contributed by atoms with Crippen LogP contribution in [0.15, 0.2) is 5.38 Å². The van der Waals surface area contributed by atoms with Gasteiger partial charge < -0.3 is 19.7 Å². The van der Waals surface area contributed by atoms with Crippen LogP contribution in [0.1, 0.15) is 58.2 Å². The summed E-state index contributed by atoms with van der Waals surface area (Å²) in [7, 11) is 2.95. The van der Waals surface area contributed by atoms with Crippen LogP contribution in [0.5, 0.6) is 0 Å². The molecule has 1 unspecified atom stereocenters. The number of carbonyl (C=O) groups is 2. The third-order valence-electron chi connectivity index (χ3n) is 3.55. The number of aromatic nitrogens is 1. The van der Waals surface area contributed by atoms with Crippen LogP contribution < -0.4 is 5.32 Å². The SMILES string of the molecule is COC(=O)[C@@H](NC(=O)N(C)Cc1csc(C(C)C)n1)C(C)OC(C)(C)C. The van der Waals surface area contributed by atoms with Gasteiger partial charge >= 0.3 is 12.0 Å². The fraction of sp³-hybridized carbons (Fsp3) is 0.722. The van der Waals surface area contributed by atoms with Crippen molar-refractivity contribution in [3.63, 3.8) is 0 Å². The van der Waals surface area contributed by atoms with Crippen molar-refractivity contribution in [1.82, 2.24) is 15.2 Å². The lowest BCUT2D eigenvalue weighted by Gasteiger charge is -2.31. The highest BCUT2D eigenvalue weighted by Crippen LogP contribution is 2.20. The Balaban J connectivity index is 2.76. The third-order valence-corrected chi connectivity index (χ3v) is 4.75. The number of methoxy groups -OCH3 is 1. The van der Waals surface area contributed by atoms with Gasteiger partial charge in [0.2, 0.25) is 0 Å². The van der Waals surface area contributed by atoms with Crippen LogP contribution in [-0.2, 0) is 20.8 Å². The van der Waals surface area contributed by atoms with Gasteiger partial charge in [-0.25, -0.2) is 14.6 Å². The molecule has 0 radical (unpaired) electrons. The Morgan fingerprint density at radius 1 is 1.31 bits per heavy atom. The molecule has 8 heteroatoms. The zero-order valence-corrected chi connectivity index (χ0v) is 17.8. The Bertz CT molecular complexity index is 610. The lowest BCUT2D eigenvalue weighted by Crippen LogP contribution is -2.53. The van der Waals surface area contributed by atoms with Crippen LogP contribution in [0.3, 0.4) is 0 Å². The van der Waals surface area contributed by atoms with Crippen LogP contribution in [0.25, 0.3) is 0 Å². The first kappa shape index (κ1) is 22.4. The van der Waals surface area contributed by atoms with Gasteiger partial charge in [-0.2, -0.15) is 0 Å². The molecule has 1 N–H and O–H groups in total. The summed E-state index contributed by atoms with van der Waals surface area (Å²) in [6.07, 6.45) is -0.536. The smallest absolute Gasteiger partial charge is 0.331 e. The fourth-order valence-corrected chi connectivity index (χ4v) is 3.17. The van der Waals surface area contributed by atoms with E-state index < -0.39 is 23.7 Å². The zero-order chi connectivity index (χ0) is 20.1. The van der Waals surface area contributed by atoms with Gasteiger partial charge in [-0.1, -0.05) is 13.8 Å². The number of carbonyl (C=O) groups excluding carboxylic acids is 2. The largest absolute Gasteiger partial charge is 0.467 e. The Morgan fingerprint density at radius 2 is 1.92 bits per heavy atom. The van der Waals surface area contributed by atoms with Crippen molar-refractivity contribution in [3.05, 3.63) is 16.1 Å². The van der Waals surface area contributed by atoms with Gasteiger partial charge in [0.25, 0.3) is 0 Å². The number of ether oxygens (including phenoxy) is 2. The minimum absolute atomic E-state index is 0.354. The summed E-state index contributed by atoms with van der Waals surface area (Å²) in [5.41, 5.74) is 0.376. The number of urea groups is 1. The average molecular weight is 386 g/mol. The van der Waals surface area contributed by atoms with Gasteiger partial charge in [0.05, 0.1) is 36.1 Å². The van der Waals surface area contributed by atoms with Gasteiger partial charge in [-0.05, 0) is 27.7 Å². The van der Waals surface area contributed by atoms with Crippen molar-refractivity contribution in [2.24, 2.45) is 0 Å². The van der Waals surface area contributed by atoms with E-state index in [1.165, 1.54) is 12.0 Å². The number of nitrogens with one attached hydrogen (secondary N) is 1. The van der Waals surface area contributed by atoms with E-state index in [0.717, 1.165) is 10.7 Å². The monoisotopic (exact) mass is 385 g/mol. The number of hydrogen-bond donors (Lipinski definition) is 1. The normalized spacial score (nSPS) is 14.0. The Kier molecular flexibility index (Phi) is 8.02. The third kappa shape index (κ3) is 6.92. The molecular formula is C18H31N3O4S. The van der Waals surface area contributed by atoms with E-state index in [-0.39, 0.29) is 6.03 Å². The molecule has 0 bridgehead atoms. The summed E-state index contributed by atoms with van der Waals surface area (Å²) < 4.78 is 10.6. The molecule has 0 aliphatic rings. The van der Waals surface area contributed by atoms with Gasteiger partial charge in [-0.3, -0.25) is 0 Å². The molecule has 1 aromatic heterocycles. The van der Waals surface area contributed by atoms with E-state index >= 15 is 0 Å². The molecule has 2 amide bonds. The van der Waals surface area contributed by atoms with Gasteiger partial charge in [-0.15, -0.1) is 11.3 Å². The lowest BCUT2D eigenvalue weighted by atomic mass is 10.1. The van der Waals surface area contributed by atoms with Crippen molar-refractivity contribution < 1.29 is 19.1 Å². The van der Waals surface area contributed by atoms with Crippen LogP contribution in [0, 0.1) is 0 Å². The average Bonchev–Trinajstić information content (AvgIpc) is 2.98. The van der Waals surface area contributed by atoms with E-state index in [1.807, 2.05) is 26.2 Å². The van der Waals surface area contributed by atoms with E-state index in [1.54, 1.807) is 25.3 Å².